The summed E-state index contributed by atoms with van der Waals surface area (Å²) in [6.45, 7) is 4.76. The fourth-order valence-corrected chi connectivity index (χ4v) is 3.51. The molecule has 2 heterocycles. The van der Waals surface area contributed by atoms with Gasteiger partial charge in [0.05, 0.1) is 0 Å². The molecule has 1 N–H and O–H groups in total. The molecule has 0 aliphatic carbocycles. The third kappa shape index (κ3) is 3.74. The highest BCUT2D eigenvalue weighted by Gasteiger charge is 2.22. The first-order chi connectivity index (χ1) is 13.6. The number of benzene rings is 2. The molecule has 0 fully saturated rings. The number of anilines is 2. The van der Waals surface area contributed by atoms with Crippen LogP contribution in [0.2, 0.25) is 0 Å². The maximum atomic E-state index is 12.7. The molecule has 0 saturated carbocycles. The van der Waals surface area contributed by atoms with E-state index in [2.05, 4.69) is 33.4 Å². The first-order valence-corrected chi connectivity index (χ1v) is 9.72. The Balaban J connectivity index is 1.82. The molecule has 4 rings (SSSR count). The Bertz CT molecular complexity index is 985. The van der Waals surface area contributed by atoms with Gasteiger partial charge in [-0.1, -0.05) is 48.5 Å². The van der Waals surface area contributed by atoms with Gasteiger partial charge in [-0.2, -0.15) is 0 Å². The third-order valence-electron chi connectivity index (χ3n) is 4.78. The highest BCUT2D eigenvalue weighted by molar-refractivity contribution is 5.94. The molecule has 0 unspecified atom stereocenters. The van der Waals surface area contributed by atoms with Gasteiger partial charge in [0.25, 0.3) is 5.91 Å². The molecule has 1 aliphatic rings. The van der Waals surface area contributed by atoms with Crippen LogP contribution in [0.5, 0.6) is 0 Å². The lowest BCUT2D eigenvalue weighted by atomic mass is 10.0. The Morgan fingerprint density at radius 3 is 2.57 bits per heavy atom. The largest absolute Gasteiger partial charge is 0.349 e. The fourth-order valence-electron chi connectivity index (χ4n) is 3.51. The second-order valence-corrected chi connectivity index (χ2v) is 7.31. The number of carbonyl (C=O) groups is 1. The molecule has 1 aliphatic heterocycles. The second kappa shape index (κ2) is 7.80. The molecule has 1 aromatic heterocycles. The van der Waals surface area contributed by atoms with Crippen molar-refractivity contribution in [3.63, 3.8) is 0 Å². The Morgan fingerprint density at radius 2 is 1.79 bits per heavy atom. The van der Waals surface area contributed by atoms with E-state index in [1.165, 1.54) is 5.56 Å². The smallest absolute Gasteiger partial charge is 0.270 e. The monoisotopic (exact) mass is 372 g/mol. The molecule has 0 radical (unpaired) electrons. The summed E-state index contributed by atoms with van der Waals surface area (Å²) in [7, 11) is 0. The van der Waals surface area contributed by atoms with Gasteiger partial charge in [0.1, 0.15) is 11.5 Å². The maximum absolute atomic E-state index is 12.7. The minimum Gasteiger partial charge on any atom is -0.349 e. The van der Waals surface area contributed by atoms with Gasteiger partial charge in [0, 0.05) is 29.9 Å². The van der Waals surface area contributed by atoms with Gasteiger partial charge < -0.3 is 10.2 Å². The van der Waals surface area contributed by atoms with Crippen molar-refractivity contribution in [1.29, 1.82) is 0 Å². The van der Waals surface area contributed by atoms with E-state index >= 15 is 0 Å². The van der Waals surface area contributed by atoms with Crippen LogP contribution >= 0.6 is 0 Å². The quantitative estimate of drug-likeness (QED) is 0.739. The molecule has 28 heavy (non-hydrogen) atoms. The zero-order valence-electron chi connectivity index (χ0n) is 16.2. The predicted molar refractivity (Wildman–Crippen MR) is 112 cm³/mol. The van der Waals surface area contributed by atoms with Crippen LogP contribution in [-0.2, 0) is 6.42 Å². The molecule has 0 spiro atoms. The van der Waals surface area contributed by atoms with Crippen LogP contribution in [0.25, 0.3) is 11.4 Å². The summed E-state index contributed by atoms with van der Waals surface area (Å²) in [4.78, 5) is 24.3. The van der Waals surface area contributed by atoms with Crippen molar-refractivity contribution in [3.8, 4) is 11.4 Å². The SMILES string of the molecule is CC(C)NC(=O)c1cc(N2CCCc3ccccc32)nc(-c2ccccc2)n1. The van der Waals surface area contributed by atoms with Crippen LogP contribution in [0.15, 0.2) is 60.7 Å². The molecule has 0 saturated heterocycles. The molecule has 3 aromatic rings. The summed E-state index contributed by atoms with van der Waals surface area (Å²) in [5.74, 6) is 1.14. The number of hydrogen-bond donors (Lipinski definition) is 1. The average Bonchev–Trinajstić information content (AvgIpc) is 2.73. The number of amides is 1. The molecule has 2 aromatic carbocycles. The van der Waals surface area contributed by atoms with Gasteiger partial charge >= 0.3 is 0 Å². The Labute approximate surface area is 165 Å². The van der Waals surface area contributed by atoms with Gasteiger partial charge in [-0.3, -0.25) is 4.79 Å². The van der Waals surface area contributed by atoms with E-state index in [4.69, 9.17) is 4.98 Å². The van der Waals surface area contributed by atoms with Crippen LogP contribution in [0.1, 0.15) is 36.3 Å². The van der Waals surface area contributed by atoms with Crippen LogP contribution < -0.4 is 10.2 Å². The van der Waals surface area contributed by atoms with E-state index in [1.54, 1.807) is 6.07 Å². The Kier molecular flexibility index (Phi) is 5.06. The van der Waals surface area contributed by atoms with Crippen LogP contribution in [0.4, 0.5) is 11.5 Å². The lowest BCUT2D eigenvalue weighted by Gasteiger charge is -2.30. The molecule has 5 heteroatoms. The molecule has 0 bridgehead atoms. The second-order valence-electron chi connectivity index (χ2n) is 7.31. The summed E-state index contributed by atoms with van der Waals surface area (Å²) in [6, 6.07) is 20.0. The Hall–Kier alpha value is -3.21. The molecule has 1 amide bonds. The Morgan fingerprint density at radius 1 is 1.04 bits per heavy atom. The van der Waals surface area contributed by atoms with Crippen LogP contribution in [0, 0.1) is 0 Å². The summed E-state index contributed by atoms with van der Waals surface area (Å²) < 4.78 is 0. The molecule has 0 atom stereocenters. The van der Waals surface area contributed by atoms with Gasteiger partial charge in [-0.05, 0) is 38.3 Å². The maximum Gasteiger partial charge on any atom is 0.270 e. The number of aromatic nitrogens is 2. The first-order valence-electron chi connectivity index (χ1n) is 9.72. The average molecular weight is 372 g/mol. The molecular weight excluding hydrogens is 348 g/mol. The van der Waals surface area contributed by atoms with Gasteiger partial charge in [0.15, 0.2) is 5.82 Å². The number of nitrogens with one attached hydrogen (secondary N) is 1. The normalized spacial score (nSPS) is 13.3. The topological polar surface area (TPSA) is 58.1 Å². The van der Waals surface area contributed by atoms with Gasteiger partial charge in [-0.25, -0.2) is 9.97 Å². The first kappa shape index (κ1) is 18.2. The van der Waals surface area contributed by atoms with E-state index in [0.29, 0.717) is 11.5 Å². The highest BCUT2D eigenvalue weighted by Crippen LogP contribution is 2.33. The van der Waals surface area contributed by atoms with Crippen molar-refractivity contribution in [2.75, 3.05) is 11.4 Å². The number of nitrogens with zero attached hydrogens (tertiary/aromatic N) is 3. The lowest BCUT2D eigenvalue weighted by molar-refractivity contribution is 0.0938. The van der Waals surface area contributed by atoms with Crippen molar-refractivity contribution >= 4 is 17.4 Å². The molecular formula is C23H24N4O. The highest BCUT2D eigenvalue weighted by atomic mass is 16.1. The zero-order valence-corrected chi connectivity index (χ0v) is 16.2. The summed E-state index contributed by atoms with van der Waals surface area (Å²) in [5.41, 5.74) is 3.75. The summed E-state index contributed by atoms with van der Waals surface area (Å²) >= 11 is 0. The van der Waals surface area contributed by atoms with E-state index < -0.39 is 0 Å². The standard InChI is InChI=1S/C23H24N4O/c1-16(2)24-23(28)19-15-21(26-22(25-19)18-10-4-3-5-11-18)27-14-8-12-17-9-6-7-13-20(17)27/h3-7,9-11,13,15-16H,8,12,14H2,1-2H3,(H,24,28). The minimum absolute atomic E-state index is 0.0433. The van der Waals surface area contributed by atoms with Gasteiger partial charge in [-0.15, -0.1) is 0 Å². The number of aryl methyl sites for hydroxylation is 1. The minimum atomic E-state index is -0.180. The number of rotatable bonds is 4. The van der Waals surface area contributed by atoms with Crippen LogP contribution in [-0.4, -0.2) is 28.5 Å². The lowest BCUT2D eigenvalue weighted by Crippen LogP contribution is -2.32. The van der Waals surface area contributed by atoms with Crippen molar-refractivity contribution < 1.29 is 4.79 Å². The summed E-state index contributed by atoms with van der Waals surface area (Å²) in [5, 5.41) is 2.94. The van der Waals surface area contributed by atoms with Crippen molar-refractivity contribution in [2.45, 2.75) is 32.7 Å². The fraction of sp³-hybridized carbons (Fsp3) is 0.261. The van der Waals surface area contributed by atoms with E-state index in [1.807, 2.05) is 50.2 Å². The van der Waals surface area contributed by atoms with E-state index in [9.17, 15) is 4.79 Å². The van der Waals surface area contributed by atoms with E-state index in [0.717, 1.165) is 36.5 Å². The molecule has 142 valence electrons. The van der Waals surface area contributed by atoms with Crippen molar-refractivity contribution in [2.24, 2.45) is 0 Å². The van der Waals surface area contributed by atoms with Crippen molar-refractivity contribution in [1.82, 2.24) is 15.3 Å². The zero-order chi connectivity index (χ0) is 19.5. The van der Waals surface area contributed by atoms with Gasteiger partial charge in [0.2, 0.25) is 0 Å². The van der Waals surface area contributed by atoms with Crippen molar-refractivity contribution in [3.05, 3.63) is 71.9 Å². The van der Waals surface area contributed by atoms with Crippen LogP contribution in [0.3, 0.4) is 0 Å². The number of para-hydroxylation sites is 1. The molecule has 5 nitrogen and oxygen atoms in total. The van der Waals surface area contributed by atoms with E-state index in [-0.39, 0.29) is 11.9 Å². The third-order valence-corrected chi connectivity index (χ3v) is 4.78. The predicted octanol–water partition coefficient (Wildman–Crippen LogP) is 4.37. The number of fused-ring (bicyclic) bond motifs is 1. The summed E-state index contributed by atoms with van der Waals surface area (Å²) in [6.07, 6.45) is 2.11. The number of hydrogen-bond acceptors (Lipinski definition) is 4. The number of carbonyl (C=O) groups excluding carboxylic acids is 1.